The number of piperidine rings is 1. The summed E-state index contributed by atoms with van der Waals surface area (Å²) in [7, 11) is 1.96. The van der Waals surface area contributed by atoms with Gasteiger partial charge in [-0.05, 0) is 37.9 Å². The summed E-state index contributed by atoms with van der Waals surface area (Å²) in [5.74, 6) is -0.0327. The topological polar surface area (TPSA) is 61.4 Å². The fraction of sp³-hybridized carbons (Fsp3) is 0.579. The molecule has 1 heterocycles. The maximum Gasteiger partial charge on any atom is 0.251 e. The van der Waals surface area contributed by atoms with Crippen LogP contribution in [0.1, 0.15) is 43.5 Å². The quantitative estimate of drug-likeness (QED) is 0.811. The fourth-order valence-electron chi connectivity index (χ4n) is 3.08. The first-order valence-electron chi connectivity index (χ1n) is 8.88. The smallest absolute Gasteiger partial charge is 0.251 e. The molecule has 0 radical (unpaired) electrons. The zero-order valence-electron chi connectivity index (χ0n) is 15.3. The lowest BCUT2D eigenvalue weighted by molar-refractivity contribution is -0.135. The van der Waals surface area contributed by atoms with Gasteiger partial charge in [-0.2, -0.15) is 0 Å². The molecule has 0 bridgehead atoms. The van der Waals surface area contributed by atoms with E-state index in [1.165, 1.54) is 0 Å². The van der Waals surface area contributed by atoms with Gasteiger partial charge in [0.1, 0.15) is 6.04 Å². The van der Waals surface area contributed by atoms with E-state index in [9.17, 15) is 9.59 Å². The number of nitrogens with one attached hydrogen (secondary N) is 2. The van der Waals surface area contributed by atoms with Crippen molar-refractivity contribution in [2.45, 2.75) is 45.2 Å². The van der Waals surface area contributed by atoms with E-state index in [0.29, 0.717) is 11.6 Å². The molecule has 2 amide bonds. The van der Waals surface area contributed by atoms with Crippen LogP contribution in [0.4, 0.5) is 0 Å². The van der Waals surface area contributed by atoms with Crippen molar-refractivity contribution in [1.29, 1.82) is 0 Å². The van der Waals surface area contributed by atoms with Crippen LogP contribution >= 0.6 is 12.4 Å². The molecule has 2 atom stereocenters. The molecule has 2 N–H and O–H groups in total. The Morgan fingerprint density at radius 2 is 1.80 bits per heavy atom. The zero-order chi connectivity index (χ0) is 17.5. The SMILES string of the molecule is CCC(C)C(NC(=O)c1ccccc1)C(=O)N1CCC(NC)CC1.Cl. The van der Waals surface area contributed by atoms with Gasteiger partial charge in [-0.3, -0.25) is 9.59 Å². The molecule has 0 aromatic heterocycles. The van der Waals surface area contributed by atoms with Crippen molar-refractivity contribution in [3.05, 3.63) is 35.9 Å². The molecule has 25 heavy (non-hydrogen) atoms. The summed E-state index contributed by atoms with van der Waals surface area (Å²) in [5, 5.41) is 6.23. The lowest BCUT2D eigenvalue weighted by atomic mass is 9.95. The molecule has 1 aromatic rings. The molecule has 0 saturated carbocycles. The minimum atomic E-state index is -0.464. The minimum Gasteiger partial charge on any atom is -0.341 e. The highest BCUT2D eigenvalue weighted by molar-refractivity contribution is 5.97. The molecule has 5 nitrogen and oxygen atoms in total. The number of benzene rings is 1. The Morgan fingerprint density at radius 3 is 2.32 bits per heavy atom. The van der Waals surface area contributed by atoms with Crippen LogP contribution in [-0.4, -0.2) is 48.9 Å². The molecule has 1 aliphatic heterocycles. The van der Waals surface area contributed by atoms with E-state index in [-0.39, 0.29) is 30.1 Å². The van der Waals surface area contributed by atoms with Crippen LogP contribution < -0.4 is 10.6 Å². The molecular weight excluding hydrogens is 338 g/mol. The van der Waals surface area contributed by atoms with Crippen LogP contribution in [0, 0.1) is 5.92 Å². The first kappa shape index (κ1) is 21.5. The van der Waals surface area contributed by atoms with Crippen molar-refractivity contribution in [2.24, 2.45) is 5.92 Å². The summed E-state index contributed by atoms with van der Waals surface area (Å²) in [5.41, 5.74) is 0.590. The summed E-state index contributed by atoms with van der Waals surface area (Å²) in [6, 6.07) is 9.09. The molecule has 6 heteroatoms. The summed E-state index contributed by atoms with van der Waals surface area (Å²) in [6.45, 7) is 5.57. The van der Waals surface area contributed by atoms with Gasteiger partial charge in [-0.1, -0.05) is 38.5 Å². The van der Waals surface area contributed by atoms with Gasteiger partial charge in [0.05, 0.1) is 0 Å². The number of carbonyl (C=O) groups excluding carboxylic acids is 2. The Hall–Kier alpha value is -1.59. The summed E-state index contributed by atoms with van der Waals surface area (Å²) in [6.07, 6.45) is 2.77. The van der Waals surface area contributed by atoms with Crippen LogP contribution in [0.15, 0.2) is 30.3 Å². The highest BCUT2D eigenvalue weighted by atomic mass is 35.5. The molecule has 2 unspecified atom stereocenters. The molecule has 1 aromatic carbocycles. The number of likely N-dealkylation sites (tertiary alicyclic amines) is 1. The van der Waals surface area contributed by atoms with Crippen LogP contribution in [-0.2, 0) is 4.79 Å². The monoisotopic (exact) mass is 367 g/mol. The second kappa shape index (κ2) is 10.4. The van der Waals surface area contributed by atoms with Crippen molar-refractivity contribution >= 4 is 24.2 Å². The van der Waals surface area contributed by atoms with E-state index in [2.05, 4.69) is 10.6 Å². The van der Waals surface area contributed by atoms with Gasteiger partial charge in [0.2, 0.25) is 5.91 Å². The third-order valence-electron chi connectivity index (χ3n) is 5.02. The number of halogens is 1. The van der Waals surface area contributed by atoms with Gasteiger partial charge in [0, 0.05) is 24.7 Å². The van der Waals surface area contributed by atoms with Gasteiger partial charge >= 0.3 is 0 Å². The lowest BCUT2D eigenvalue weighted by Gasteiger charge is -2.35. The van der Waals surface area contributed by atoms with Crippen molar-refractivity contribution in [1.82, 2.24) is 15.5 Å². The molecule has 2 rings (SSSR count). The van der Waals surface area contributed by atoms with Crippen LogP contribution in [0.2, 0.25) is 0 Å². The zero-order valence-corrected chi connectivity index (χ0v) is 16.1. The predicted molar refractivity (Wildman–Crippen MR) is 103 cm³/mol. The summed E-state index contributed by atoms with van der Waals surface area (Å²) in [4.78, 5) is 27.3. The molecule has 1 fully saturated rings. The van der Waals surface area contributed by atoms with Crippen LogP contribution in [0.5, 0.6) is 0 Å². The number of nitrogens with zero attached hydrogens (tertiary/aromatic N) is 1. The van der Waals surface area contributed by atoms with E-state index >= 15 is 0 Å². The van der Waals surface area contributed by atoms with E-state index in [1.54, 1.807) is 12.1 Å². The number of amides is 2. The number of hydrogen-bond donors (Lipinski definition) is 2. The molecule has 0 spiro atoms. The van der Waals surface area contributed by atoms with Crippen LogP contribution in [0.25, 0.3) is 0 Å². The molecule has 1 aliphatic rings. The summed E-state index contributed by atoms with van der Waals surface area (Å²) >= 11 is 0. The Kier molecular flexibility index (Phi) is 8.93. The molecule has 0 aliphatic carbocycles. The van der Waals surface area contributed by atoms with Crippen molar-refractivity contribution < 1.29 is 9.59 Å². The number of hydrogen-bond acceptors (Lipinski definition) is 3. The first-order valence-corrected chi connectivity index (χ1v) is 8.88. The Balaban J connectivity index is 0.00000312. The Bertz CT molecular complexity index is 545. The van der Waals surface area contributed by atoms with Crippen molar-refractivity contribution in [3.63, 3.8) is 0 Å². The molecular formula is C19H30ClN3O2. The van der Waals surface area contributed by atoms with Gasteiger partial charge in [0.15, 0.2) is 0 Å². The largest absolute Gasteiger partial charge is 0.341 e. The molecule has 140 valence electrons. The summed E-state index contributed by atoms with van der Waals surface area (Å²) < 4.78 is 0. The lowest BCUT2D eigenvalue weighted by Crippen LogP contribution is -2.54. The Labute approximate surface area is 157 Å². The fourth-order valence-corrected chi connectivity index (χ4v) is 3.08. The second-order valence-electron chi connectivity index (χ2n) is 6.59. The number of rotatable bonds is 6. The van der Waals surface area contributed by atoms with E-state index in [4.69, 9.17) is 0 Å². The average molecular weight is 368 g/mol. The molecule has 1 saturated heterocycles. The van der Waals surface area contributed by atoms with E-state index in [0.717, 1.165) is 32.4 Å². The third kappa shape index (κ3) is 5.72. The Morgan fingerprint density at radius 1 is 1.20 bits per heavy atom. The maximum atomic E-state index is 13.0. The van der Waals surface area contributed by atoms with Gasteiger partial charge in [0.25, 0.3) is 5.91 Å². The average Bonchev–Trinajstić information content (AvgIpc) is 2.65. The highest BCUT2D eigenvalue weighted by Crippen LogP contribution is 2.16. The number of carbonyl (C=O) groups is 2. The van der Waals surface area contributed by atoms with Gasteiger partial charge < -0.3 is 15.5 Å². The highest BCUT2D eigenvalue weighted by Gasteiger charge is 2.32. The normalized spacial score (nSPS) is 17.3. The third-order valence-corrected chi connectivity index (χ3v) is 5.02. The van der Waals surface area contributed by atoms with Crippen LogP contribution in [0.3, 0.4) is 0 Å². The van der Waals surface area contributed by atoms with Crippen molar-refractivity contribution in [2.75, 3.05) is 20.1 Å². The van der Waals surface area contributed by atoms with Gasteiger partial charge in [-0.25, -0.2) is 0 Å². The minimum absolute atomic E-state index is 0. The second-order valence-corrected chi connectivity index (χ2v) is 6.59. The van der Waals surface area contributed by atoms with E-state index < -0.39 is 6.04 Å². The van der Waals surface area contributed by atoms with Crippen molar-refractivity contribution in [3.8, 4) is 0 Å². The maximum absolute atomic E-state index is 13.0. The van der Waals surface area contributed by atoms with E-state index in [1.807, 2.05) is 44.0 Å². The standard InChI is InChI=1S/C19H29N3O2.ClH/c1-4-14(2)17(21-18(23)15-8-6-5-7-9-15)19(24)22-12-10-16(20-3)11-13-22;/h5-9,14,16-17,20H,4,10-13H2,1-3H3,(H,21,23);1H. The van der Waals surface area contributed by atoms with Gasteiger partial charge in [-0.15, -0.1) is 12.4 Å². The predicted octanol–water partition coefficient (Wildman–Crippen LogP) is 2.46. The first-order chi connectivity index (χ1) is 11.6.